The molecule has 2 atom stereocenters. The fourth-order valence-electron chi connectivity index (χ4n) is 2.54. The second-order valence-electron chi connectivity index (χ2n) is 5.44. The van der Waals surface area contributed by atoms with Gasteiger partial charge in [0, 0.05) is 11.6 Å². The Hall–Kier alpha value is 0.240. The molecule has 0 fully saturated rings. The van der Waals surface area contributed by atoms with E-state index in [-0.39, 0.29) is 0 Å². The standard InChI is InChI=1S/C16H27Cl2NS/c1-4-7-8-12(6-3)10-14(19-9-5-2)13-11-15(17)20-16(13)18/h11-12,14,19H,4-10H2,1-3H3. The summed E-state index contributed by atoms with van der Waals surface area (Å²) in [5.41, 5.74) is 1.19. The van der Waals surface area contributed by atoms with Crippen LogP contribution in [0, 0.1) is 5.92 Å². The van der Waals surface area contributed by atoms with Crippen LogP contribution < -0.4 is 5.32 Å². The second kappa shape index (κ2) is 10.0. The minimum atomic E-state index is 0.341. The van der Waals surface area contributed by atoms with E-state index in [4.69, 9.17) is 23.2 Å². The number of unbranched alkanes of at least 4 members (excludes halogenated alkanes) is 1. The van der Waals surface area contributed by atoms with Crippen molar-refractivity contribution in [2.24, 2.45) is 5.92 Å². The lowest BCUT2D eigenvalue weighted by Crippen LogP contribution is -2.24. The summed E-state index contributed by atoms with van der Waals surface area (Å²) < 4.78 is 1.63. The molecule has 0 saturated carbocycles. The van der Waals surface area contributed by atoms with E-state index in [1.54, 1.807) is 0 Å². The highest BCUT2D eigenvalue weighted by molar-refractivity contribution is 7.20. The molecule has 0 aliphatic rings. The maximum Gasteiger partial charge on any atom is 0.0991 e. The van der Waals surface area contributed by atoms with E-state index in [1.807, 2.05) is 6.07 Å². The average molecular weight is 336 g/mol. The molecule has 1 nitrogen and oxygen atoms in total. The van der Waals surface area contributed by atoms with Crippen molar-refractivity contribution < 1.29 is 0 Å². The summed E-state index contributed by atoms with van der Waals surface area (Å²) in [6, 6.07) is 2.38. The van der Waals surface area contributed by atoms with Gasteiger partial charge in [-0.2, -0.15) is 0 Å². The predicted molar refractivity (Wildman–Crippen MR) is 93.3 cm³/mol. The van der Waals surface area contributed by atoms with Gasteiger partial charge in [0.05, 0.1) is 8.67 Å². The molecule has 1 aromatic rings. The molecule has 0 aromatic carbocycles. The summed E-state index contributed by atoms with van der Waals surface area (Å²) in [5, 5.41) is 3.64. The molecule has 0 saturated heterocycles. The molecule has 2 unspecified atom stereocenters. The van der Waals surface area contributed by atoms with Crippen molar-refractivity contribution in [2.75, 3.05) is 6.54 Å². The SMILES string of the molecule is CCCCC(CC)CC(NCCC)c1cc(Cl)sc1Cl. The van der Waals surface area contributed by atoms with Crippen LogP contribution in [-0.2, 0) is 0 Å². The predicted octanol–water partition coefficient (Wildman–Crippen LogP) is 6.70. The van der Waals surface area contributed by atoms with Gasteiger partial charge in [-0.1, -0.05) is 69.7 Å². The first-order valence-electron chi connectivity index (χ1n) is 7.80. The van der Waals surface area contributed by atoms with Crippen LogP contribution >= 0.6 is 34.5 Å². The van der Waals surface area contributed by atoms with Crippen LogP contribution in [0.2, 0.25) is 8.67 Å². The minimum Gasteiger partial charge on any atom is -0.310 e. The van der Waals surface area contributed by atoms with Crippen molar-refractivity contribution in [3.05, 3.63) is 20.3 Å². The van der Waals surface area contributed by atoms with Crippen LogP contribution in [-0.4, -0.2) is 6.54 Å². The molecule has 4 heteroatoms. The topological polar surface area (TPSA) is 12.0 Å². The summed E-state index contributed by atoms with van der Waals surface area (Å²) in [6.45, 7) is 7.77. The fourth-order valence-corrected chi connectivity index (χ4v) is 4.12. The van der Waals surface area contributed by atoms with Crippen LogP contribution in [0.3, 0.4) is 0 Å². The second-order valence-corrected chi connectivity index (χ2v) is 7.72. The van der Waals surface area contributed by atoms with Gasteiger partial charge >= 0.3 is 0 Å². The third kappa shape index (κ3) is 5.93. The van der Waals surface area contributed by atoms with E-state index in [1.165, 1.54) is 42.6 Å². The fraction of sp³-hybridized carbons (Fsp3) is 0.750. The maximum atomic E-state index is 6.34. The number of thiophene rings is 1. The monoisotopic (exact) mass is 335 g/mol. The zero-order chi connectivity index (χ0) is 15.0. The average Bonchev–Trinajstić information content (AvgIpc) is 2.77. The van der Waals surface area contributed by atoms with Crippen molar-refractivity contribution in [3.63, 3.8) is 0 Å². The Kier molecular flexibility index (Phi) is 9.19. The zero-order valence-corrected chi connectivity index (χ0v) is 15.2. The van der Waals surface area contributed by atoms with Crippen LogP contribution in [0.5, 0.6) is 0 Å². The van der Waals surface area contributed by atoms with Gasteiger partial charge in [0.15, 0.2) is 0 Å². The van der Waals surface area contributed by atoms with E-state index in [0.717, 1.165) is 34.0 Å². The van der Waals surface area contributed by atoms with Gasteiger partial charge in [-0.15, -0.1) is 11.3 Å². The first-order valence-corrected chi connectivity index (χ1v) is 9.37. The van der Waals surface area contributed by atoms with E-state index < -0.39 is 0 Å². The lowest BCUT2D eigenvalue weighted by molar-refractivity contribution is 0.354. The van der Waals surface area contributed by atoms with Gasteiger partial charge in [-0.05, 0) is 31.4 Å². The largest absolute Gasteiger partial charge is 0.310 e. The molecular formula is C16H27Cl2NS. The van der Waals surface area contributed by atoms with E-state index in [0.29, 0.717) is 6.04 Å². The smallest absolute Gasteiger partial charge is 0.0991 e. The summed E-state index contributed by atoms with van der Waals surface area (Å²) in [6.07, 6.45) is 7.43. The highest BCUT2D eigenvalue weighted by atomic mass is 35.5. The molecule has 20 heavy (non-hydrogen) atoms. The normalized spacial score (nSPS) is 14.4. The quantitative estimate of drug-likeness (QED) is 0.501. The number of halogens is 2. The third-order valence-electron chi connectivity index (χ3n) is 3.81. The summed E-state index contributed by atoms with van der Waals surface area (Å²) in [4.78, 5) is 0. The first kappa shape index (κ1) is 18.3. The molecule has 0 radical (unpaired) electrons. The van der Waals surface area contributed by atoms with Gasteiger partial charge in [-0.25, -0.2) is 0 Å². The van der Waals surface area contributed by atoms with Crippen LogP contribution in [0.25, 0.3) is 0 Å². The number of hydrogen-bond donors (Lipinski definition) is 1. The Morgan fingerprint density at radius 1 is 1.20 bits per heavy atom. The van der Waals surface area contributed by atoms with Gasteiger partial charge in [0.2, 0.25) is 0 Å². The van der Waals surface area contributed by atoms with Crippen molar-refractivity contribution in [1.82, 2.24) is 5.32 Å². The summed E-state index contributed by atoms with van der Waals surface area (Å²) in [7, 11) is 0. The van der Waals surface area contributed by atoms with Crippen LogP contribution in [0.15, 0.2) is 6.07 Å². The Morgan fingerprint density at radius 3 is 2.45 bits per heavy atom. The van der Waals surface area contributed by atoms with Gasteiger partial charge < -0.3 is 5.32 Å². The lowest BCUT2D eigenvalue weighted by atomic mass is 9.90. The molecule has 0 amide bonds. The molecule has 1 aromatic heterocycles. The Bertz CT molecular complexity index is 379. The highest BCUT2D eigenvalue weighted by Gasteiger charge is 2.20. The first-order chi connectivity index (χ1) is 9.62. The minimum absolute atomic E-state index is 0.341. The molecule has 0 aliphatic carbocycles. The molecule has 116 valence electrons. The molecular weight excluding hydrogens is 309 g/mol. The number of nitrogens with one attached hydrogen (secondary N) is 1. The van der Waals surface area contributed by atoms with E-state index in [9.17, 15) is 0 Å². The molecule has 1 N–H and O–H groups in total. The third-order valence-corrected chi connectivity index (χ3v) is 5.33. The van der Waals surface area contributed by atoms with Gasteiger partial charge in [0.1, 0.15) is 0 Å². The molecule has 0 spiro atoms. The molecule has 0 aliphatic heterocycles. The summed E-state index contributed by atoms with van der Waals surface area (Å²) in [5.74, 6) is 0.763. The number of rotatable bonds is 10. The van der Waals surface area contributed by atoms with E-state index in [2.05, 4.69) is 26.1 Å². The summed E-state index contributed by atoms with van der Waals surface area (Å²) >= 11 is 13.9. The Labute approximate surface area is 138 Å². The highest BCUT2D eigenvalue weighted by Crippen LogP contribution is 2.38. The van der Waals surface area contributed by atoms with Crippen LogP contribution in [0.1, 0.15) is 70.9 Å². The Morgan fingerprint density at radius 2 is 1.95 bits per heavy atom. The van der Waals surface area contributed by atoms with Crippen molar-refractivity contribution in [3.8, 4) is 0 Å². The molecule has 1 rings (SSSR count). The molecule has 0 bridgehead atoms. The van der Waals surface area contributed by atoms with Gasteiger partial charge in [0.25, 0.3) is 0 Å². The zero-order valence-electron chi connectivity index (χ0n) is 12.8. The van der Waals surface area contributed by atoms with E-state index >= 15 is 0 Å². The van der Waals surface area contributed by atoms with Gasteiger partial charge in [-0.3, -0.25) is 0 Å². The lowest BCUT2D eigenvalue weighted by Gasteiger charge is -2.24. The van der Waals surface area contributed by atoms with Crippen molar-refractivity contribution in [2.45, 2.75) is 65.3 Å². The number of hydrogen-bond acceptors (Lipinski definition) is 2. The molecule has 1 heterocycles. The maximum absolute atomic E-state index is 6.34. The van der Waals surface area contributed by atoms with Crippen molar-refractivity contribution >= 4 is 34.5 Å². The van der Waals surface area contributed by atoms with Crippen LogP contribution in [0.4, 0.5) is 0 Å². The van der Waals surface area contributed by atoms with Crippen molar-refractivity contribution in [1.29, 1.82) is 0 Å². The Balaban J connectivity index is 2.75.